The van der Waals surface area contributed by atoms with Crippen LogP contribution in [0.15, 0.2) is 51.8 Å². The lowest BCUT2D eigenvalue weighted by molar-refractivity contribution is -0.385. The lowest BCUT2D eigenvalue weighted by atomic mass is 9.99. The Bertz CT molecular complexity index is 877. The highest BCUT2D eigenvalue weighted by atomic mass is 79.9. The monoisotopic (exact) mass is 449 g/mol. The summed E-state index contributed by atoms with van der Waals surface area (Å²) in [6.45, 7) is 0. The van der Waals surface area contributed by atoms with Gasteiger partial charge in [0.15, 0.2) is 0 Å². The molecule has 1 atom stereocenters. The molecule has 0 amide bonds. The van der Waals surface area contributed by atoms with Gasteiger partial charge >= 0.3 is 0 Å². The minimum absolute atomic E-state index is 0. The van der Waals surface area contributed by atoms with Crippen molar-refractivity contribution in [2.75, 3.05) is 7.05 Å². The maximum Gasteiger partial charge on any atom is 0.269 e. The average Bonchev–Trinajstić information content (AvgIpc) is 2.54. The summed E-state index contributed by atoms with van der Waals surface area (Å²) in [5, 5.41) is 11.0. The lowest BCUT2D eigenvalue weighted by Crippen LogP contribution is -2.22. The fraction of sp³-hybridized carbons (Fsp3) is 0.200. The first-order valence-electron chi connectivity index (χ1n) is 6.96. The standard InChI is InChI=1S/C15H16BrN3O4S.ClH/c1-18-24(22,23)15-6-5-13(19(20)21)8-11(15)9-14(17)10-3-2-4-12(16)7-10;/h2-8,14,18H,9,17H2,1H3;1H/t14-;/m0./s1. The molecule has 25 heavy (non-hydrogen) atoms. The summed E-state index contributed by atoms with van der Waals surface area (Å²) >= 11 is 3.35. The molecule has 7 nitrogen and oxygen atoms in total. The Morgan fingerprint density at radius 3 is 2.52 bits per heavy atom. The van der Waals surface area contributed by atoms with Crippen LogP contribution in [0.5, 0.6) is 0 Å². The van der Waals surface area contributed by atoms with E-state index in [9.17, 15) is 18.5 Å². The number of nitrogens with zero attached hydrogens (tertiary/aromatic N) is 1. The SMILES string of the molecule is CNS(=O)(=O)c1ccc([N+](=O)[O-])cc1C[C@H](N)c1cccc(Br)c1.Cl. The second-order valence-corrected chi connectivity index (χ2v) is 7.89. The van der Waals surface area contributed by atoms with Crippen LogP contribution < -0.4 is 10.5 Å². The van der Waals surface area contributed by atoms with E-state index in [1.54, 1.807) is 0 Å². The van der Waals surface area contributed by atoms with E-state index in [0.717, 1.165) is 10.0 Å². The summed E-state index contributed by atoms with van der Waals surface area (Å²) < 4.78 is 27.4. The number of hydrogen-bond donors (Lipinski definition) is 2. The quantitative estimate of drug-likeness (QED) is 0.518. The zero-order valence-corrected chi connectivity index (χ0v) is 16.4. The predicted molar refractivity (Wildman–Crippen MR) is 101 cm³/mol. The molecule has 0 radical (unpaired) electrons. The molecule has 10 heteroatoms. The van der Waals surface area contributed by atoms with Gasteiger partial charge in [-0.15, -0.1) is 12.4 Å². The van der Waals surface area contributed by atoms with E-state index >= 15 is 0 Å². The fourth-order valence-electron chi connectivity index (χ4n) is 2.30. The van der Waals surface area contributed by atoms with E-state index in [1.807, 2.05) is 24.3 Å². The molecule has 0 heterocycles. The molecule has 0 bridgehead atoms. The van der Waals surface area contributed by atoms with Crippen LogP contribution in [0.1, 0.15) is 17.2 Å². The van der Waals surface area contributed by atoms with Crippen LogP contribution in [0.3, 0.4) is 0 Å². The van der Waals surface area contributed by atoms with Gasteiger partial charge in [0.1, 0.15) is 0 Å². The molecule has 2 aromatic carbocycles. The molecule has 0 spiro atoms. The highest BCUT2D eigenvalue weighted by molar-refractivity contribution is 9.10. The molecule has 0 saturated carbocycles. The number of non-ortho nitro benzene ring substituents is 1. The third-order valence-electron chi connectivity index (χ3n) is 3.53. The normalized spacial score (nSPS) is 12.3. The van der Waals surface area contributed by atoms with Crippen molar-refractivity contribution in [3.05, 3.63) is 68.2 Å². The van der Waals surface area contributed by atoms with Crippen molar-refractivity contribution < 1.29 is 13.3 Å². The van der Waals surface area contributed by atoms with Crippen LogP contribution >= 0.6 is 28.3 Å². The first-order chi connectivity index (χ1) is 11.2. The highest BCUT2D eigenvalue weighted by Gasteiger charge is 2.22. The highest BCUT2D eigenvalue weighted by Crippen LogP contribution is 2.27. The molecular formula is C15H17BrClN3O4S. The van der Waals surface area contributed by atoms with Gasteiger partial charge in [-0.05, 0) is 42.8 Å². The molecule has 0 unspecified atom stereocenters. The molecule has 0 fully saturated rings. The van der Waals surface area contributed by atoms with Crippen molar-refractivity contribution >= 4 is 44.0 Å². The van der Waals surface area contributed by atoms with Gasteiger partial charge in [0.05, 0.1) is 9.82 Å². The maximum absolute atomic E-state index is 12.1. The summed E-state index contributed by atoms with van der Waals surface area (Å²) in [6.07, 6.45) is 0.147. The van der Waals surface area contributed by atoms with Gasteiger partial charge in [0, 0.05) is 22.6 Å². The smallest absolute Gasteiger partial charge is 0.269 e. The predicted octanol–water partition coefficient (Wildman–Crippen LogP) is 2.93. The van der Waals surface area contributed by atoms with Crippen LogP contribution in [0.25, 0.3) is 0 Å². The van der Waals surface area contributed by atoms with Crippen molar-refractivity contribution in [1.29, 1.82) is 0 Å². The maximum atomic E-state index is 12.1. The summed E-state index contributed by atoms with van der Waals surface area (Å²) in [7, 11) is -2.46. The van der Waals surface area contributed by atoms with E-state index in [1.165, 1.54) is 25.2 Å². The van der Waals surface area contributed by atoms with E-state index in [2.05, 4.69) is 20.7 Å². The van der Waals surface area contributed by atoms with Crippen molar-refractivity contribution in [3.8, 4) is 0 Å². The minimum Gasteiger partial charge on any atom is -0.324 e. The van der Waals surface area contributed by atoms with Gasteiger partial charge in [-0.3, -0.25) is 10.1 Å². The molecule has 0 aliphatic carbocycles. The van der Waals surface area contributed by atoms with Gasteiger partial charge in [-0.25, -0.2) is 13.1 Å². The molecule has 0 aromatic heterocycles. The van der Waals surface area contributed by atoms with Gasteiger partial charge in [0.2, 0.25) is 10.0 Å². The molecule has 0 saturated heterocycles. The molecule has 0 aliphatic heterocycles. The van der Waals surface area contributed by atoms with E-state index in [-0.39, 0.29) is 29.4 Å². The van der Waals surface area contributed by atoms with Crippen LogP contribution in [-0.4, -0.2) is 20.4 Å². The largest absolute Gasteiger partial charge is 0.324 e. The fourth-order valence-corrected chi connectivity index (χ4v) is 3.67. The Balaban J connectivity index is 0.00000312. The van der Waals surface area contributed by atoms with Gasteiger partial charge in [-0.2, -0.15) is 0 Å². The van der Waals surface area contributed by atoms with Crippen LogP contribution in [0.4, 0.5) is 5.69 Å². The van der Waals surface area contributed by atoms with Gasteiger partial charge in [0.25, 0.3) is 5.69 Å². The Morgan fingerprint density at radius 2 is 1.96 bits per heavy atom. The average molecular weight is 451 g/mol. The first-order valence-corrected chi connectivity index (χ1v) is 9.24. The van der Waals surface area contributed by atoms with Crippen molar-refractivity contribution in [3.63, 3.8) is 0 Å². The number of nitrogens with two attached hydrogens (primary N) is 1. The Morgan fingerprint density at radius 1 is 1.28 bits per heavy atom. The first kappa shape index (κ1) is 21.5. The van der Waals surface area contributed by atoms with E-state index in [4.69, 9.17) is 5.73 Å². The summed E-state index contributed by atoms with van der Waals surface area (Å²) in [5.74, 6) is 0. The summed E-state index contributed by atoms with van der Waals surface area (Å²) in [6, 6.07) is 10.5. The summed E-state index contributed by atoms with van der Waals surface area (Å²) in [5.41, 5.74) is 7.08. The zero-order chi connectivity index (χ0) is 17.9. The third kappa shape index (κ3) is 5.23. The van der Waals surface area contributed by atoms with E-state index < -0.39 is 21.0 Å². The molecule has 2 aromatic rings. The number of rotatable bonds is 6. The lowest BCUT2D eigenvalue weighted by Gasteiger charge is -2.15. The number of nitrogens with one attached hydrogen (secondary N) is 1. The topological polar surface area (TPSA) is 115 Å². The number of nitro benzene ring substituents is 1. The van der Waals surface area contributed by atoms with Gasteiger partial charge < -0.3 is 5.73 Å². The van der Waals surface area contributed by atoms with E-state index in [0.29, 0.717) is 5.56 Å². The molecule has 0 aliphatic rings. The molecule has 3 N–H and O–H groups in total. The number of halogens is 2. The number of nitro groups is 1. The Hall–Kier alpha value is -1.52. The minimum atomic E-state index is -3.74. The van der Waals surface area contributed by atoms with Crippen LogP contribution in [0, 0.1) is 10.1 Å². The second-order valence-electron chi connectivity index (χ2n) is 5.12. The Labute approximate surface area is 160 Å². The zero-order valence-electron chi connectivity index (χ0n) is 13.2. The van der Waals surface area contributed by atoms with Crippen molar-refractivity contribution in [1.82, 2.24) is 4.72 Å². The third-order valence-corrected chi connectivity index (χ3v) is 5.54. The molecular weight excluding hydrogens is 434 g/mol. The number of benzene rings is 2. The second kappa shape index (κ2) is 8.72. The summed E-state index contributed by atoms with van der Waals surface area (Å²) in [4.78, 5) is 10.4. The molecule has 136 valence electrons. The number of hydrogen-bond acceptors (Lipinski definition) is 5. The molecule has 2 rings (SSSR count). The van der Waals surface area contributed by atoms with Crippen molar-refractivity contribution in [2.24, 2.45) is 5.73 Å². The van der Waals surface area contributed by atoms with Crippen LogP contribution in [0.2, 0.25) is 0 Å². The van der Waals surface area contributed by atoms with Gasteiger partial charge in [-0.1, -0.05) is 28.1 Å². The van der Waals surface area contributed by atoms with Crippen molar-refractivity contribution in [2.45, 2.75) is 17.4 Å². The number of sulfonamides is 1. The van der Waals surface area contributed by atoms with Crippen LogP contribution in [-0.2, 0) is 16.4 Å². The Kier molecular flexibility index (Phi) is 7.51.